The van der Waals surface area contributed by atoms with Gasteiger partial charge in [-0.15, -0.1) is 0 Å². The molecule has 0 aliphatic heterocycles. The average molecular weight is 727 g/mol. The SMILES string of the molecule is COC(=O)CC[C@@H](C)[C@H]1CC[C@H]2[C@@H]3[C@H](O[Si](C)(C)C)[C@H](O[Si](C)(C)C)[C@@H]4C[C@H](O[Si](C)(C)C)CC[C@]4(C)[C@H]3C[C@H](O[Si](C)(C)C)[C@]12C. The Bertz CT molecular complexity index is 1090. The number of esters is 1. The van der Waals surface area contributed by atoms with Crippen LogP contribution >= 0.6 is 0 Å². The normalized spacial score (nSPS) is 40.3. The van der Waals surface area contributed by atoms with E-state index in [1.807, 2.05) is 0 Å². The summed E-state index contributed by atoms with van der Waals surface area (Å²) in [5.74, 6) is 2.76. The quantitative estimate of drug-likeness (QED) is 0.147. The van der Waals surface area contributed by atoms with E-state index >= 15 is 0 Å². The van der Waals surface area contributed by atoms with Gasteiger partial charge in [0.2, 0.25) is 0 Å². The van der Waals surface area contributed by atoms with Crippen molar-refractivity contribution in [3.63, 3.8) is 0 Å². The predicted octanol–water partition coefficient (Wildman–Crippen LogP) is 9.94. The summed E-state index contributed by atoms with van der Waals surface area (Å²) in [6.07, 6.45) is 9.05. The molecule has 0 unspecified atom stereocenters. The maximum Gasteiger partial charge on any atom is 0.305 e. The summed E-state index contributed by atoms with van der Waals surface area (Å²) in [5, 5.41) is 0. The topological polar surface area (TPSA) is 63.2 Å². The number of methoxy groups -OCH3 is 1. The molecule has 12 atom stereocenters. The largest absolute Gasteiger partial charge is 0.469 e. The van der Waals surface area contributed by atoms with Gasteiger partial charge in [-0.05, 0) is 170 Å². The van der Waals surface area contributed by atoms with Crippen molar-refractivity contribution in [2.24, 2.45) is 46.3 Å². The molecule has 0 bridgehead atoms. The summed E-state index contributed by atoms with van der Waals surface area (Å²) in [4.78, 5) is 12.3. The Hall–Kier alpha value is 0.178. The Morgan fingerprint density at radius 1 is 0.702 bits per heavy atom. The van der Waals surface area contributed by atoms with Crippen molar-refractivity contribution in [2.45, 2.75) is 175 Å². The molecule has 0 aromatic heterocycles. The molecule has 4 saturated carbocycles. The minimum atomic E-state index is -1.93. The van der Waals surface area contributed by atoms with Gasteiger partial charge in [-0.25, -0.2) is 0 Å². The van der Waals surface area contributed by atoms with Crippen LogP contribution in [-0.4, -0.2) is 70.8 Å². The first-order valence-corrected chi connectivity index (χ1v) is 32.7. The van der Waals surface area contributed by atoms with Gasteiger partial charge in [-0.1, -0.05) is 20.8 Å². The van der Waals surface area contributed by atoms with Crippen molar-refractivity contribution in [1.82, 2.24) is 0 Å². The lowest BCUT2D eigenvalue weighted by molar-refractivity contribution is -0.232. The molecule has 0 N–H and O–H groups in total. The number of fused-ring (bicyclic) bond motifs is 5. The summed E-state index contributed by atoms with van der Waals surface area (Å²) >= 11 is 0. The molecule has 47 heavy (non-hydrogen) atoms. The van der Waals surface area contributed by atoms with Crippen LogP contribution in [0.3, 0.4) is 0 Å². The molecule has 4 fully saturated rings. The van der Waals surface area contributed by atoms with Crippen molar-refractivity contribution in [3.05, 3.63) is 0 Å². The fourth-order valence-corrected chi connectivity index (χ4v) is 15.7. The van der Waals surface area contributed by atoms with E-state index in [2.05, 4.69) is 99.3 Å². The highest BCUT2D eigenvalue weighted by molar-refractivity contribution is 6.71. The molecule has 6 nitrogen and oxygen atoms in total. The highest BCUT2D eigenvalue weighted by Crippen LogP contribution is 2.70. The average Bonchev–Trinajstić information content (AvgIpc) is 3.25. The Morgan fingerprint density at radius 2 is 1.26 bits per heavy atom. The van der Waals surface area contributed by atoms with Crippen molar-refractivity contribution in [1.29, 1.82) is 0 Å². The van der Waals surface area contributed by atoms with Gasteiger partial charge in [0.25, 0.3) is 0 Å². The lowest BCUT2D eigenvalue weighted by Crippen LogP contribution is -2.70. The van der Waals surface area contributed by atoms with E-state index in [0.717, 1.165) is 25.7 Å². The number of carbonyl (C=O) groups excluding carboxylic acids is 1. The molecule has 4 aliphatic carbocycles. The predicted molar refractivity (Wildman–Crippen MR) is 205 cm³/mol. The Balaban J connectivity index is 1.85. The number of rotatable bonds is 12. The molecular formula is C37H74O6Si4. The molecule has 0 saturated heterocycles. The number of hydrogen-bond donors (Lipinski definition) is 0. The van der Waals surface area contributed by atoms with Crippen LogP contribution in [0.2, 0.25) is 78.6 Å². The van der Waals surface area contributed by atoms with Crippen LogP contribution in [0.15, 0.2) is 0 Å². The zero-order valence-corrected chi connectivity index (χ0v) is 37.4. The van der Waals surface area contributed by atoms with E-state index in [4.69, 9.17) is 22.4 Å². The van der Waals surface area contributed by atoms with Crippen molar-refractivity contribution >= 4 is 39.2 Å². The van der Waals surface area contributed by atoms with Gasteiger partial charge in [0.1, 0.15) is 0 Å². The van der Waals surface area contributed by atoms with Gasteiger partial charge in [-0.3, -0.25) is 4.79 Å². The van der Waals surface area contributed by atoms with Crippen LogP contribution in [0.5, 0.6) is 0 Å². The summed E-state index contributed by atoms with van der Waals surface area (Å²) in [7, 11) is -5.87. The second-order valence-corrected chi connectivity index (χ2v) is 38.4. The highest BCUT2D eigenvalue weighted by atomic mass is 28.4. The number of hydrogen-bond acceptors (Lipinski definition) is 6. The smallest absolute Gasteiger partial charge is 0.305 e. The van der Waals surface area contributed by atoms with Crippen LogP contribution in [0.4, 0.5) is 0 Å². The first kappa shape index (κ1) is 40.0. The Kier molecular flexibility index (Phi) is 11.9. The molecule has 4 aliphatic rings. The standard InChI is InChI=1S/C37H74O6Si4/c1-25(17-20-32(38)39-4)27-18-19-28-33-29(24-31(37(27,28)3)41-45(8,9)10)36(2)22-21-26(40-44(5,6)7)23-30(36)34(42-46(11,12)13)35(33)43-47(14,15)16/h25-31,33-35H,17-24H2,1-16H3/t25-,26-,27-,28+,29+,30+,31+,33+,34-,35+,36-,37-/m1/s1. The minimum Gasteiger partial charge on any atom is -0.469 e. The van der Waals surface area contributed by atoms with Crippen LogP contribution in [0, 0.1) is 46.3 Å². The molecule has 0 heterocycles. The van der Waals surface area contributed by atoms with Gasteiger partial charge in [0.05, 0.1) is 25.4 Å². The van der Waals surface area contributed by atoms with E-state index in [-0.39, 0.29) is 35.1 Å². The van der Waals surface area contributed by atoms with Gasteiger partial charge in [0.15, 0.2) is 33.3 Å². The second kappa shape index (κ2) is 14.0. The van der Waals surface area contributed by atoms with Crippen molar-refractivity contribution in [2.75, 3.05) is 7.11 Å². The molecule has 0 aromatic carbocycles. The van der Waals surface area contributed by atoms with Crippen LogP contribution < -0.4 is 0 Å². The number of ether oxygens (including phenoxy) is 1. The molecule has 10 heteroatoms. The van der Waals surface area contributed by atoms with Crippen LogP contribution in [0.25, 0.3) is 0 Å². The lowest BCUT2D eigenvalue weighted by atomic mass is 9.42. The van der Waals surface area contributed by atoms with Gasteiger partial charge in [0, 0.05) is 12.5 Å². The molecule has 4 rings (SSSR count). The molecule has 274 valence electrons. The highest BCUT2D eigenvalue weighted by Gasteiger charge is 2.69. The molecule has 0 amide bonds. The molecule has 0 radical (unpaired) electrons. The van der Waals surface area contributed by atoms with E-state index in [1.165, 1.54) is 26.4 Å². The van der Waals surface area contributed by atoms with Gasteiger partial charge >= 0.3 is 5.97 Å². The summed E-state index contributed by atoms with van der Waals surface area (Å²) < 4.78 is 34.3. The monoisotopic (exact) mass is 726 g/mol. The van der Waals surface area contributed by atoms with Crippen LogP contribution in [-0.2, 0) is 27.2 Å². The van der Waals surface area contributed by atoms with E-state index in [1.54, 1.807) is 0 Å². The van der Waals surface area contributed by atoms with Gasteiger partial charge in [-0.2, -0.15) is 0 Å². The first-order chi connectivity index (χ1) is 21.3. The van der Waals surface area contributed by atoms with E-state index in [9.17, 15) is 4.79 Å². The van der Waals surface area contributed by atoms with Crippen LogP contribution in [0.1, 0.15) is 72.1 Å². The van der Waals surface area contributed by atoms with Crippen molar-refractivity contribution < 1.29 is 27.2 Å². The van der Waals surface area contributed by atoms with Gasteiger partial charge < -0.3 is 22.4 Å². The fraction of sp³-hybridized carbons (Fsp3) is 0.973. The Labute approximate surface area is 294 Å². The first-order valence-electron chi connectivity index (χ1n) is 19.1. The minimum absolute atomic E-state index is 0.0308. The fourth-order valence-electron chi connectivity index (χ4n) is 11.0. The summed E-state index contributed by atoms with van der Waals surface area (Å²) in [5.41, 5.74) is 0.188. The third-order valence-electron chi connectivity index (χ3n) is 12.5. The molecule has 0 aromatic rings. The molecular weight excluding hydrogens is 653 g/mol. The van der Waals surface area contributed by atoms with E-state index < -0.39 is 33.3 Å². The van der Waals surface area contributed by atoms with E-state index in [0.29, 0.717) is 48.0 Å². The zero-order chi connectivity index (χ0) is 35.5. The lowest BCUT2D eigenvalue weighted by Gasteiger charge is -2.68. The molecule has 0 spiro atoms. The second-order valence-electron chi connectivity index (χ2n) is 20.5. The maximum atomic E-state index is 12.3. The third-order valence-corrected chi connectivity index (χ3v) is 16.5. The summed E-state index contributed by atoms with van der Waals surface area (Å²) in [6.45, 7) is 36.0. The van der Waals surface area contributed by atoms with Crippen molar-refractivity contribution in [3.8, 4) is 0 Å². The summed E-state index contributed by atoms with van der Waals surface area (Å²) in [6, 6.07) is 0. The Morgan fingerprint density at radius 3 is 1.79 bits per heavy atom. The maximum absolute atomic E-state index is 12.3. The zero-order valence-electron chi connectivity index (χ0n) is 33.4. The number of carbonyl (C=O) groups is 1. The third kappa shape index (κ3) is 8.98.